The number of carbonyl (C=O) groups is 1. The number of aliphatic hydroxyl groups excluding tert-OH is 3. The molecule has 0 amide bonds. The van der Waals surface area contributed by atoms with Gasteiger partial charge in [0.1, 0.15) is 35.0 Å². The number of esters is 1. The molecule has 0 aliphatic carbocycles. The van der Waals surface area contributed by atoms with Crippen LogP contribution in [0.2, 0.25) is 0 Å². The van der Waals surface area contributed by atoms with E-state index in [4.69, 9.17) is 18.6 Å². The van der Waals surface area contributed by atoms with Gasteiger partial charge in [0.2, 0.25) is 12.0 Å². The monoisotopic (exact) mass is 474 g/mol. The third kappa shape index (κ3) is 4.05. The number of aliphatic hydroxyl groups is 3. The molecular weight excluding hydrogens is 452 g/mol. The maximum absolute atomic E-state index is 12.8. The van der Waals surface area contributed by atoms with Crippen molar-refractivity contribution in [2.75, 3.05) is 14.2 Å². The lowest BCUT2D eigenvalue weighted by atomic mass is 9.99. The van der Waals surface area contributed by atoms with Gasteiger partial charge in [-0.25, -0.2) is 4.79 Å². The van der Waals surface area contributed by atoms with Gasteiger partial charge in [0.15, 0.2) is 23.0 Å². The number of hydrogen-bond acceptors (Lipinski definition) is 11. The number of benzene rings is 2. The summed E-state index contributed by atoms with van der Waals surface area (Å²) in [5, 5.41) is 41.1. The van der Waals surface area contributed by atoms with Crippen LogP contribution in [0.4, 0.5) is 0 Å². The van der Waals surface area contributed by atoms with Gasteiger partial charge in [0, 0.05) is 17.7 Å². The Morgan fingerprint density at radius 3 is 2.35 bits per heavy atom. The van der Waals surface area contributed by atoms with Crippen molar-refractivity contribution in [1.82, 2.24) is 0 Å². The summed E-state index contributed by atoms with van der Waals surface area (Å²) in [4.78, 5) is 24.7. The molecule has 5 atom stereocenters. The van der Waals surface area contributed by atoms with Crippen molar-refractivity contribution < 1.29 is 48.6 Å². The van der Waals surface area contributed by atoms with Crippen molar-refractivity contribution in [3.8, 4) is 28.6 Å². The van der Waals surface area contributed by atoms with E-state index in [1.54, 1.807) is 30.3 Å². The van der Waals surface area contributed by atoms with E-state index in [9.17, 15) is 30.0 Å². The van der Waals surface area contributed by atoms with Crippen LogP contribution in [-0.4, -0.2) is 71.3 Å². The van der Waals surface area contributed by atoms with Crippen LogP contribution in [-0.2, 0) is 14.3 Å². The molecule has 0 saturated carbocycles. The highest BCUT2D eigenvalue weighted by molar-refractivity contribution is 5.89. The second-order valence-electron chi connectivity index (χ2n) is 7.51. The number of methoxy groups -OCH3 is 2. The fraction of sp³-hybridized carbons (Fsp3) is 0.304. The quantitative estimate of drug-likeness (QED) is 0.381. The molecule has 180 valence electrons. The molecule has 3 aromatic rings. The van der Waals surface area contributed by atoms with E-state index in [-0.39, 0.29) is 28.2 Å². The average Bonchev–Trinajstić information content (AvgIpc) is 2.84. The molecule has 0 bridgehead atoms. The van der Waals surface area contributed by atoms with Crippen LogP contribution in [0, 0.1) is 0 Å². The van der Waals surface area contributed by atoms with Crippen LogP contribution in [0.3, 0.4) is 0 Å². The first-order valence-electron chi connectivity index (χ1n) is 10.1. The first kappa shape index (κ1) is 23.5. The molecule has 11 heteroatoms. The van der Waals surface area contributed by atoms with Crippen LogP contribution >= 0.6 is 0 Å². The van der Waals surface area contributed by atoms with E-state index >= 15 is 0 Å². The highest BCUT2D eigenvalue weighted by Gasteiger charge is 2.48. The summed E-state index contributed by atoms with van der Waals surface area (Å²) in [6.45, 7) is 0. The third-order valence-corrected chi connectivity index (χ3v) is 5.42. The zero-order valence-corrected chi connectivity index (χ0v) is 18.1. The topological polar surface area (TPSA) is 165 Å². The second-order valence-corrected chi connectivity index (χ2v) is 7.51. The zero-order chi connectivity index (χ0) is 24.6. The van der Waals surface area contributed by atoms with Crippen molar-refractivity contribution in [3.63, 3.8) is 0 Å². The smallest absolute Gasteiger partial charge is 0.337 e. The molecule has 4 rings (SSSR count). The second kappa shape index (κ2) is 9.31. The van der Waals surface area contributed by atoms with E-state index in [0.717, 1.165) is 7.11 Å². The molecule has 11 nitrogen and oxygen atoms in total. The van der Waals surface area contributed by atoms with Gasteiger partial charge in [-0.1, -0.05) is 30.3 Å². The molecule has 0 spiro atoms. The largest absolute Gasteiger partial charge is 0.504 e. The third-order valence-electron chi connectivity index (χ3n) is 5.42. The molecule has 1 aliphatic rings. The Balaban J connectivity index is 1.78. The molecule has 34 heavy (non-hydrogen) atoms. The Hall–Kier alpha value is -3.64. The molecule has 5 unspecified atom stereocenters. The highest BCUT2D eigenvalue weighted by Crippen LogP contribution is 2.43. The predicted molar refractivity (Wildman–Crippen MR) is 115 cm³/mol. The van der Waals surface area contributed by atoms with Crippen LogP contribution in [0.25, 0.3) is 22.3 Å². The standard InChI is InChI=1S/C23H22O11/c1-30-20-14(33-23-19(28)17(26)18(27)21(34-23)22(29)31-2)9-13-15(16(20)25)11(24)8-12(32-13)10-6-4-3-5-7-10/h3-9,17-19,21,23,25-28H,1-2H3. The number of carbonyl (C=O) groups excluding carboxylic acids is 1. The number of rotatable bonds is 5. The maximum Gasteiger partial charge on any atom is 0.337 e. The van der Waals surface area contributed by atoms with Gasteiger partial charge in [-0.15, -0.1) is 0 Å². The summed E-state index contributed by atoms with van der Waals surface area (Å²) < 4.78 is 26.5. The van der Waals surface area contributed by atoms with Gasteiger partial charge in [-0.3, -0.25) is 4.79 Å². The first-order chi connectivity index (χ1) is 16.3. The lowest BCUT2D eigenvalue weighted by Gasteiger charge is -2.38. The SMILES string of the molecule is COC(=O)C1OC(Oc2cc3oc(-c4ccccc4)cc(=O)c3c(O)c2OC)C(O)C(O)C1O. The minimum Gasteiger partial charge on any atom is -0.504 e. The minimum atomic E-state index is -1.81. The number of phenolic OH excluding ortho intramolecular Hbond substituents is 1. The van der Waals surface area contributed by atoms with E-state index in [1.165, 1.54) is 19.2 Å². The van der Waals surface area contributed by atoms with Gasteiger partial charge in [0.25, 0.3) is 0 Å². The van der Waals surface area contributed by atoms with Gasteiger partial charge in [-0.2, -0.15) is 0 Å². The van der Waals surface area contributed by atoms with E-state index in [0.29, 0.717) is 5.56 Å². The molecule has 2 heterocycles. The molecule has 1 fully saturated rings. The number of phenols is 1. The van der Waals surface area contributed by atoms with E-state index in [2.05, 4.69) is 4.74 Å². The van der Waals surface area contributed by atoms with Crippen molar-refractivity contribution in [2.24, 2.45) is 0 Å². The molecule has 4 N–H and O–H groups in total. The normalized spacial score (nSPS) is 24.6. The van der Waals surface area contributed by atoms with Crippen molar-refractivity contribution in [1.29, 1.82) is 0 Å². The van der Waals surface area contributed by atoms with Gasteiger partial charge >= 0.3 is 5.97 Å². The first-order valence-corrected chi connectivity index (χ1v) is 10.1. The number of fused-ring (bicyclic) bond motifs is 1. The van der Waals surface area contributed by atoms with Crippen LogP contribution < -0.4 is 14.9 Å². The molecule has 0 radical (unpaired) electrons. The number of ether oxygens (including phenoxy) is 4. The highest BCUT2D eigenvalue weighted by atomic mass is 16.7. The average molecular weight is 474 g/mol. The summed E-state index contributed by atoms with van der Waals surface area (Å²) in [5.41, 5.74) is 0.0131. The summed E-state index contributed by atoms with van der Waals surface area (Å²) in [6, 6.07) is 11.3. The number of aromatic hydroxyl groups is 1. The maximum atomic E-state index is 12.8. The fourth-order valence-electron chi connectivity index (χ4n) is 3.67. The van der Waals surface area contributed by atoms with Gasteiger partial charge in [0.05, 0.1) is 14.2 Å². The Morgan fingerprint density at radius 2 is 1.71 bits per heavy atom. The lowest BCUT2D eigenvalue weighted by Crippen LogP contribution is -2.61. The molecule has 1 saturated heterocycles. The van der Waals surface area contributed by atoms with Crippen molar-refractivity contribution >= 4 is 16.9 Å². The Labute approximate surface area is 192 Å². The summed E-state index contributed by atoms with van der Waals surface area (Å²) >= 11 is 0. The van der Waals surface area contributed by atoms with E-state index < -0.39 is 47.9 Å². The molecule has 2 aromatic carbocycles. The molecular formula is C23H22O11. The van der Waals surface area contributed by atoms with Crippen LogP contribution in [0.15, 0.2) is 51.7 Å². The van der Waals surface area contributed by atoms with Gasteiger partial charge in [-0.05, 0) is 0 Å². The Kier molecular flexibility index (Phi) is 6.44. The zero-order valence-electron chi connectivity index (χ0n) is 18.1. The Bertz CT molecular complexity index is 1250. The minimum absolute atomic E-state index is 0.0601. The summed E-state index contributed by atoms with van der Waals surface area (Å²) in [7, 11) is 2.27. The lowest BCUT2D eigenvalue weighted by molar-refractivity contribution is -0.272. The van der Waals surface area contributed by atoms with Crippen LogP contribution in [0.5, 0.6) is 17.2 Å². The molecule has 1 aliphatic heterocycles. The fourth-order valence-corrected chi connectivity index (χ4v) is 3.67. The van der Waals surface area contributed by atoms with Crippen LogP contribution in [0.1, 0.15) is 0 Å². The summed E-state index contributed by atoms with van der Waals surface area (Å²) in [6.07, 6.45) is -8.72. The van der Waals surface area contributed by atoms with E-state index in [1.807, 2.05) is 0 Å². The Morgan fingerprint density at radius 1 is 1.00 bits per heavy atom. The van der Waals surface area contributed by atoms with Crippen molar-refractivity contribution in [2.45, 2.75) is 30.7 Å². The summed E-state index contributed by atoms with van der Waals surface area (Å²) in [5.74, 6) is -1.86. The van der Waals surface area contributed by atoms with Gasteiger partial charge < -0.3 is 43.8 Å². The number of hydrogen-bond donors (Lipinski definition) is 4. The predicted octanol–water partition coefficient (Wildman–Crippen LogP) is 0.534. The van der Waals surface area contributed by atoms with Crippen molar-refractivity contribution in [3.05, 3.63) is 52.7 Å². The molecule has 1 aromatic heterocycles.